The number of para-hydroxylation sites is 1. The maximum atomic E-state index is 13.7. The summed E-state index contributed by atoms with van der Waals surface area (Å²) in [6, 6.07) is 3.90. The monoisotopic (exact) mass is 479 g/mol. The Labute approximate surface area is 202 Å². The molecular weight excluding hydrogens is 438 g/mol. The fourth-order valence-corrected chi connectivity index (χ4v) is 3.60. The molecule has 9 heteroatoms. The van der Waals surface area contributed by atoms with Gasteiger partial charge in [-0.25, -0.2) is 4.79 Å². The number of nitrogens with one attached hydrogen (secondary N) is 2. The number of rotatable bonds is 11. The van der Waals surface area contributed by atoms with Crippen molar-refractivity contribution in [3.63, 3.8) is 0 Å². The van der Waals surface area contributed by atoms with Gasteiger partial charge in [-0.05, 0) is 46.1 Å². The summed E-state index contributed by atoms with van der Waals surface area (Å²) in [5.74, 6) is -1.54. The van der Waals surface area contributed by atoms with E-state index in [1.54, 1.807) is 52.8 Å². The van der Waals surface area contributed by atoms with Crippen molar-refractivity contribution < 1.29 is 29.3 Å². The minimum atomic E-state index is -1.21. The van der Waals surface area contributed by atoms with Crippen LogP contribution in [0.2, 0.25) is 0 Å². The van der Waals surface area contributed by atoms with E-state index in [0.29, 0.717) is 0 Å². The molecule has 0 aliphatic rings. The van der Waals surface area contributed by atoms with Crippen LogP contribution < -0.4 is 10.6 Å². The maximum Gasteiger partial charge on any atom is 0.408 e. The van der Waals surface area contributed by atoms with Gasteiger partial charge in [-0.2, -0.15) is 0 Å². The van der Waals surface area contributed by atoms with Crippen LogP contribution in [0.1, 0.15) is 72.9 Å². The lowest BCUT2D eigenvalue weighted by Gasteiger charge is -2.35. The van der Waals surface area contributed by atoms with Crippen molar-refractivity contribution in [1.82, 2.24) is 15.5 Å². The van der Waals surface area contributed by atoms with Crippen molar-refractivity contribution in [3.05, 3.63) is 29.8 Å². The Hall–Kier alpha value is -2.81. The van der Waals surface area contributed by atoms with E-state index in [0.717, 1.165) is 12.8 Å². The topological polar surface area (TPSA) is 128 Å². The van der Waals surface area contributed by atoms with E-state index < -0.39 is 42.2 Å². The molecule has 1 aromatic rings. The molecule has 0 fully saturated rings. The first-order valence-corrected chi connectivity index (χ1v) is 11.8. The van der Waals surface area contributed by atoms with E-state index in [1.165, 1.54) is 11.0 Å². The number of hydrogen-bond acceptors (Lipinski definition) is 6. The SMILES string of the molecule is CCCC(C)NC(=O)C(c1ccccc1O)N(CCO)C(=O)C(NC(=O)OC(C)(C)C)C(C)C. The van der Waals surface area contributed by atoms with Crippen molar-refractivity contribution in [1.29, 1.82) is 0 Å². The lowest BCUT2D eigenvalue weighted by molar-refractivity contribution is -0.144. The van der Waals surface area contributed by atoms with Gasteiger partial charge < -0.3 is 30.5 Å². The summed E-state index contributed by atoms with van der Waals surface area (Å²) in [5.41, 5.74) is -0.530. The highest BCUT2D eigenvalue weighted by molar-refractivity contribution is 5.92. The summed E-state index contributed by atoms with van der Waals surface area (Å²) >= 11 is 0. The van der Waals surface area contributed by atoms with Gasteiger partial charge in [-0.1, -0.05) is 45.4 Å². The lowest BCUT2D eigenvalue weighted by atomic mass is 9.98. The number of alkyl carbamates (subject to hydrolysis) is 1. The number of ether oxygens (including phenoxy) is 1. The number of carbonyl (C=O) groups excluding carboxylic acids is 3. The molecule has 0 spiro atoms. The molecule has 0 aliphatic carbocycles. The third kappa shape index (κ3) is 8.85. The summed E-state index contributed by atoms with van der Waals surface area (Å²) in [4.78, 5) is 40.7. The van der Waals surface area contributed by atoms with Gasteiger partial charge in [0.1, 0.15) is 23.4 Å². The van der Waals surface area contributed by atoms with E-state index >= 15 is 0 Å². The summed E-state index contributed by atoms with van der Waals surface area (Å²) < 4.78 is 5.31. The average Bonchev–Trinajstić information content (AvgIpc) is 2.71. The molecule has 0 heterocycles. The van der Waals surface area contributed by atoms with Gasteiger partial charge in [-0.15, -0.1) is 0 Å². The number of aliphatic hydroxyl groups excluding tert-OH is 1. The van der Waals surface area contributed by atoms with Gasteiger partial charge in [0.05, 0.1) is 6.61 Å². The van der Waals surface area contributed by atoms with Gasteiger partial charge in [0, 0.05) is 18.2 Å². The van der Waals surface area contributed by atoms with Crippen LogP contribution in [0, 0.1) is 5.92 Å². The average molecular weight is 480 g/mol. The number of nitrogens with zero attached hydrogens (tertiary/aromatic N) is 1. The largest absolute Gasteiger partial charge is 0.508 e. The van der Waals surface area contributed by atoms with Crippen LogP contribution >= 0.6 is 0 Å². The van der Waals surface area contributed by atoms with E-state index in [9.17, 15) is 24.6 Å². The molecule has 0 aliphatic heterocycles. The van der Waals surface area contributed by atoms with Crippen molar-refractivity contribution in [2.24, 2.45) is 5.92 Å². The Morgan fingerprint density at radius 1 is 1.09 bits per heavy atom. The highest BCUT2D eigenvalue weighted by atomic mass is 16.6. The molecule has 1 rings (SSSR count). The number of phenolic OH excluding ortho intramolecular Hbond substituents is 1. The number of phenols is 1. The van der Waals surface area contributed by atoms with Crippen molar-refractivity contribution in [2.45, 2.75) is 85.0 Å². The fourth-order valence-electron chi connectivity index (χ4n) is 3.60. The van der Waals surface area contributed by atoms with Crippen LogP contribution in [0.3, 0.4) is 0 Å². The normalized spacial score (nSPS) is 14.1. The highest BCUT2D eigenvalue weighted by Gasteiger charge is 2.38. The zero-order valence-electron chi connectivity index (χ0n) is 21.4. The van der Waals surface area contributed by atoms with E-state index in [2.05, 4.69) is 10.6 Å². The number of aromatic hydroxyl groups is 1. The standard InChI is InChI=1S/C25H41N3O6/c1-8-11-17(4)26-22(31)21(18-12-9-10-13-19(18)30)28(14-15-29)23(32)20(16(2)3)27-24(33)34-25(5,6)7/h9-10,12-13,16-17,20-21,29-30H,8,11,14-15H2,1-7H3,(H,26,31)(H,27,33). The fraction of sp³-hybridized carbons (Fsp3) is 0.640. The number of aliphatic hydroxyl groups is 1. The van der Waals surface area contributed by atoms with Crippen LogP contribution in [-0.2, 0) is 14.3 Å². The van der Waals surface area contributed by atoms with Crippen LogP contribution in [0.25, 0.3) is 0 Å². The van der Waals surface area contributed by atoms with Crippen LogP contribution in [0.5, 0.6) is 5.75 Å². The van der Waals surface area contributed by atoms with Crippen molar-refractivity contribution >= 4 is 17.9 Å². The molecule has 0 saturated heterocycles. The van der Waals surface area contributed by atoms with Crippen LogP contribution in [0.4, 0.5) is 4.79 Å². The summed E-state index contributed by atoms with van der Waals surface area (Å²) in [6.45, 7) is 11.9. The molecule has 3 amide bonds. The molecule has 34 heavy (non-hydrogen) atoms. The van der Waals surface area contributed by atoms with Gasteiger partial charge in [0.2, 0.25) is 11.8 Å². The zero-order chi connectivity index (χ0) is 26.1. The summed E-state index contributed by atoms with van der Waals surface area (Å²) in [6.07, 6.45) is 0.836. The van der Waals surface area contributed by atoms with Gasteiger partial charge in [-0.3, -0.25) is 9.59 Å². The third-order valence-corrected chi connectivity index (χ3v) is 5.13. The predicted octanol–water partition coefficient (Wildman–Crippen LogP) is 3.11. The third-order valence-electron chi connectivity index (χ3n) is 5.13. The molecule has 0 bridgehead atoms. The molecule has 0 saturated carbocycles. The summed E-state index contributed by atoms with van der Waals surface area (Å²) in [5, 5.41) is 25.8. The number of hydrogen-bond donors (Lipinski definition) is 4. The highest BCUT2D eigenvalue weighted by Crippen LogP contribution is 2.30. The first kappa shape index (κ1) is 29.2. The van der Waals surface area contributed by atoms with Gasteiger partial charge >= 0.3 is 6.09 Å². The Kier molecular flexibility index (Phi) is 11.3. The molecule has 0 aromatic heterocycles. The Morgan fingerprint density at radius 3 is 2.21 bits per heavy atom. The Bertz CT molecular complexity index is 821. The van der Waals surface area contributed by atoms with E-state index in [4.69, 9.17) is 4.74 Å². The predicted molar refractivity (Wildman–Crippen MR) is 130 cm³/mol. The maximum absolute atomic E-state index is 13.7. The smallest absolute Gasteiger partial charge is 0.408 e. The quantitative estimate of drug-likeness (QED) is 0.386. The second-order valence-corrected chi connectivity index (χ2v) is 9.78. The number of carbonyl (C=O) groups is 3. The number of benzene rings is 1. The number of amides is 3. The molecule has 0 radical (unpaired) electrons. The molecule has 3 unspecified atom stereocenters. The van der Waals surface area contributed by atoms with E-state index in [1.807, 2.05) is 13.8 Å². The van der Waals surface area contributed by atoms with Gasteiger partial charge in [0.15, 0.2) is 0 Å². The van der Waals surface area contributed by atoms with E-state index in [-0.39, 0.29) is 29.8 Å². The summed E-state index contributed by atoms with van der Waals surface area (Å²) in [7, 11) is 0. The van der Waals surface area contributed by atoms with Crippen molar-refractivity contribution in [3.8, 4) is 5.75 Å². The second-order valence-electron chi connectivity index (χ2n) is 9.78. The second kappa shape index (κ2) is 13.2. The Balaban J connectivity index is 3.41. The van der Waals surface area contributed by atoms with Crippen LogP contribution in [-0.4, -0.2) is 63.9 Å². The minimum Gasteiger partial charge on any atom is -0.508 e. The van der Waals surface area contributed by atoms with Crippen LogP contribution in [0.15, 0.2) is 24.3 Å². The zero-order valence-corrected chi connectivity index (χ0v) is 21.4. The first-order chi connectivity index (χ1) is 15.8. The van der Waals surface area contributed by atoms with Crippen molar-refractivity contribution in [2.75, 3.05) is 13.2 Å². The Morgan fingerprint density at radius 2 is 1.71 bits per heavy atom. The molecule has 9 nitrogen and oxygen atoms in total. The van der Waals surface area contributed by atoms with Gasteiger partial charge in [0.25, 0.3) is 0 Å². The molecule has 3 atom stereocenters. The lowest BCUT2D eigenvalue weighted by Crippen LogP contribution is -2.55. The first-order valence-electron chi connectivity index (χ1n) is 11.8. The molecular formula is C25H41N3O6. The minimum absolute atomic E-state index is 0.150. The molecule has 1 aromatic carbocycles. The molecule has 4 N–H and O–H groups in total. The molecule has 192 valence electrons.